The first-order valence-electron chi connectivity index (χ1n) is 6.13. The fourth-order valence-corrected chi connectivity index (χ4v) is 5.53. The topological polar surface area (TPSA) is 0 Å². The molecule has 0 nitrogen and oxygen atoms in total. The Kier molecular flexibility index (Phi) is 7.23. The predicted molar refractivity (Wildman–Crippen MR) is 71.0 cm³/mol. The normalized spacial score (nSPS) is 27.0. The van der Waals surface area contributed by atoms with E-state index in [1.54, 1.807) is 0 Å². The highest BCUT2D eigenvalue weighted by Gasteiger charge is 2.23. The third-order valence-electron chi connectivity index (χ3n) is 3.00. The molecule has 1 aliphatic rings. The van der Waals surface area contributed by atoms with Gasteiger partial charge in [0.25, 0.3) is 0 Å². The molecule has 14 heavy (non-hydrogen) atoms. The van der Waals surface area contributed by atoms with E-state index in [0.717, 1.165) is 11.2 Å². The summed E-state index contributed by atoms with van der Waals surface area (Å²) in [4.78, 5) is 0. The summed E-state index contributed by atoms with van der Waals surface area (Å²) in [5.74, 6) is 2.34. The maximum Gasteiger partial charge on any atom is 0.0185 e. The van der Waals surface area contributed by atoms with Gasteiger partial charge in [-0.05, 0) is 12.3 Å². The first kappa shape index (κ1) is 12.8. The fourth-order valence-electron chi connectivity index (χ4n) is 1.89. The quantitative estimate of drug-likeness (QED) is 0.440. The molecule has 0 aliphatic carbocycles. The van der Waals surface area contributed by atoms with Crippen molar-refractivity contribution in [3.05, 3.63) is 0 Å². The van der Waals surface area contributed by atoms with Gasteiger partial charge in [-0.25, -0.2) is 0 Å². The second-order valence-electron chi connectivity index (χ2n) is 4.45. The Morgan fingerprint density at radius 2 is 1.79 bits per heavy atom. The Morgan fingerprint density at radius 1 is 1.07 bits per heavy atom. The molecule has 1 rings (SSSR count). The molecule has 2 heteroatoms. The van der Waals surface area contributed by atoms with E-state index < -0.39 is 0 Å². The number of rotatable bonds is 7. The summed E-state index contributed by atoms with van der Waals surface area (Å²) < 4.78 is 0. The van der Waals surface area contributed by atoms with Crippen LogP contribution in [0.4, 0.5) is 0 Å². The third kappa shape index (κ3) is 4.97. The van der Waals surface area contributed by atoms with Crippen LogP contribution in [-0.2, 0) is 0 Å². The fraction of sp³-hybridized carbons (Fsp3) is 1.00. The molecule has 0 aromatic carbocycles. The Balaban J connectivity index is 1.88. The average molecular weight is 232 g/mol. The second kappa shape index (κ2) is 7.92. The zero-order valence-corrected chi connectivity index (χ0v) is 11.3. The molecule has 0 spiro atoms. The van der Waals surface area contributed by atoms with Gasteiger partial charge in [0, 0.05) is 11.0 Å². The van der Waals surface area contributed by atoms with E-state index in [9.17, 15) is 0 Å². The summed E-state index contributed by atoms with van der Waals surface area (Å²) in [5, 5.41) is 0.964. The minimum absolute atomic E-state index is 0.959. The van der Waals surface area contributed by atoms with Gasteiger partial charge in [0.05, 0.1) is 0 Å². The predicted octanol–water partition coefficient (Wildman–Crippen LogP) is 5.14. The standard InChI is InChI=1S/C12H24S2/c1-3-4-5-6-7-8-9-12-11(2)10-13-14-12/h11-12H,3-10H2,1-2H3. The minimum atomic E-state index is 0.959. The molecule has 0 saturated carbocycles. The Bertz CT molecular complexity index is 136. The summed E-state index contributed by atoms with van der Waals surface area (Å²) in [7, 11) is 4.21. The van der Waals surface area contributed by atoms with Crippen LogP contribution in [0, 0.1) is 5.92 Å². The number of unbranched alkanes of at least 4 members (excludes halogenated alkanes) is 5. The Morgan fingerprint density at radius 3 is 2.43 bits per heavy atom. The van der Waals surface area contributed by atoms with Crippen molar-refractivity contribution < 1.29 is 0 Å². The molecule has 0 aromatic heterocycles. The van der Waals surface area contributed by atoms with Gasteiger partial charge in [-0.1, -0.05) is 74.0 Å². The first-order valence-corrected chi connectivity index (χ1v) is 8.51. The van der Waals surface area contributed by atoms with Crippen molar-refractivity contribution in [2.24, 2.45) is 5.92 Å². The van der Waals surface area contributed by atoms with Crippen LogP contribution in [0.25, 0.3) is 0 Å². The van der Waals surface area contributed by atoms with Crippen molar-refractivity contribution >= 4 is 21.6 Å². The van der Waals surface area contributed by atoms with E-state index in [-0.39, 0.29) is 0 Å². The first-order chi connectivity index (χ1) is 6.84. The Hall–Kier alpha value is 0.700. The number of hydrogen-bond donors (Lipinski definition) is 0. The molecule has 0 radical (unpaired) electrons. The van der Waals surface area contributed by atoms with Crippen LogP contribution in [0.3, 0.4) is 0 Å². The minimum Gasteiger partial charge on any atom is -0.0935 e. The lowest BCUT2D eigenvalue weighted by atomic mass is 10.0. The van der Waals surface area contributed by atoms with Crippen molar-refractivity contribution in [1.82, 2.24) is 0 Å². The van der Waals surface area contributed by atoms with Gasteiger partial charge >= 0.3 is 0 Å². The maximum atomic E-state index is 2.41. The molecule has 1 saturated heterocycles. The molecule has 2 atom stereocenters. The van der Waals surface area contributed by atoms with Crippen LogP contribution in [0.1, 0.15) is 58.8 Å². The average Bonchev–Trinajstić information content (AvgIpc) is 2.58. The third-order valence-corrected chi connectivity index (χ3v) is 6.30. The highest BCUT2D eigenvalue weighted by molar-refractivity contribution is 8.77. The SMILES string of the molecule is CCCCCCCCC1SSCC1C. The lowest BCUT2D eigenvalue weighted by Crippen LogP contribution is -2.09. The summed E-state index contributed by atoms with van der Waals surface area (Å²) in [6.45, 7) is 4.70. The van der Waals surface area contributed by atoms with Crippen LogP contribution < -0.4 is 0 Å². The lowest BCUT2D eigenvalue weighted by molar-refractivity contribution is 0.533. The van der Waals surface area contributed by atoms with Gasteiger partial charge in [-0.3, -0.25) is 0 Å². The molecular weight excluding hydrogens is 208 g/mol. The highest BCUT2D eigenvalue weighted by Crippen LogP contribution is 2.43. The van der Waals surface area contributed by atoms with Crippen LogP contribution >= 0.6 is 21.6 Å². The summed E-state index contributed by atoms with van der Waals surface area (Å²) >= 11 is 0. The molecule has 0 amide bonds. The van der Waals surface area contributed by atoms with E-state index in [2.05, 4.69) is 35.4 Å². The van der Waals surface area contributed by atoms with E-state index in [4.69, 9.17) is 0 Å². The zero-order chi connectivity index (χ0) is 10.2. The lowest BCUT2D eigenvalue weighted by Gasteiger charge is -2.12. The molecule has 0 bridgehead atoms. The van der Waals surface area contributed by atoms with Gasteiger partial charge in [-0.2, -0.15) is 0 Å². The van der Waals surface area contributed by atoms with Crippen LogP contribution in [-0.4, -0.2) is 11.0 Å². The molecular formula is C12H24S2. The van der Waals surface area contributed by atoms with Crippen molar-refractivity contribution in [3.8, 4) is 0 Å². The zero-order valence-electron chi connectivity index (χ0n) is 9.63. The molecule has 0 N–H and O–H groups in total. The smallest absolute Gasteiger partial charge is 0.0185 e. The van der Waals surface area contributed by atoms with E-state index >= 15 is 0 Å². The van der Waals surface area contributed by atoms with Crippen molar-refractivity contribution in [3.63, 3.8) is 0 Å². The van der Waals surface area contributed by atoms with E-state index in [1.807, 2.05) is 0 Å². The molecule has 1 heterocycles. The summed E-state index contributed by atoms with van der Waals surface area (Å²) in [5.41, 5.74) is 0. The second-order valence-corrected chi connectivity index (χ2v) is 7.10. The summed E-state index contributed by atoms with van der Waals surface area (Å²) in [6.07, 6.45) is 10.1. The van der Waals surface area contributed by atoms with Gasteiger partial charge in [0.1, 0.15) is 0 Å². The molecule has 1 fully saturated rings. The molecule has 1 aliphatic heterocycles. The van der Waals surface area contributed by atoms with E-state index in [0.29, 0.717) is 0 Å². The largest absolute Gasteiger partial charge is 0.0935 e. The monoisotopic (exact) mass is 232 g/mol. The number of hydrogen-bond acceptors (Lipinski definition) is 2. The molecule has 2 unspecified atom stereocenters. The van der Waals surface area contributed by atoms with Crippen LogP contribution in [0.5, 0.6) is 0 Å². The van der Waals surface area contributed by atoms with E-state index in [1.165, 1.54) is 50.7 Å². The summed E-state index contributed by atoms with van der Waals surface area (Å²) in [6, 6.07) is 0. The van der Waals surface area contributed by atoms with Crippen molar-refractivity contribution in [2.75, 3.05) is 5.75 Å². The maximum absolute atomic E-state index is 2.41. The van der Waals surface area contributed by atoms with Crippen molar-refractivity contribution in [1.29, 1.82) is 0 Å². The molecule has 0 aromatic rings. The van der Waals surface area contributed by atoms with Gasteiger partial charge in [-0.15, -0.1) is 0 Å². The van der Waals surface area contributed by atoms with Crippen LogP contribution in [0.2, 0.25) is 0 Å². The van der Waals surface area contributed by atoms with Crippen LogP contribution in [0.15, 0.2) is 0 Å². The van der Waals surface area contributed by atoms with Gasteiger partial charge in [0.2, 0.25) is 0 Å². The Labute approximate surface area is 97.4 Å². The highest BCUT2D eigenvalue weighted by atomic mass is 33.1. The van der Waals surface area contributed by atoms with Gasteiger partial charge in [0.15, 0.2) is 0 Å². The van der Waals surface area contributed by atoms with Crippen molar-refractivity contribution in [2.45, 2.75) is 64.0 Å². The molecule has 84 valence electrons. The van der Waals surface area contributed by atoms with Gasteiger partial charge < -0.3 is 0 Å².